The maximum absolute atomic E-state index is 12.2. The quantitative estimate of drug-likeness (QED) is 0.129. The van der Waals surface area contributed by atoms with Crippen LogP contribution in [0.3, 0.4) is 0 Å². The van der Waals surface area contributed by atoms with E-state index in [0.717, 1.165) is 12.8 Å². The van der Waals surface area contributed by atoms with E-state index in [-0.39, 0.29) is 18.6 Å². The van der Waals surface area contributed by atoms with Gasteiger partial charge in [-0.15, -0.1) is 11.8 Å². The standard InChI is InChI=1S/C18H23IO5/c1-5-15(20)11-9-7-6-8-10-12-18(13-14(2)19,16(21)23-3)17(22)24-4/h5H,1-2,6-7,9,11-13H2,3-4H3. The summed E-state index contributed by atoms with van der Waals surface area (Å²) in [6, 6.07) is 0. The van der Waals surface area contributed by atoms with Crippen LogP contribution in [0.25, 0.3) is 0 Å². The third-order valence-electron chi connectivity index (χ3n) is 3.36. The molecule has 0 amide bonds. The van der Waals surface area contributed by atoms with Gasteiger partial charge in [-0.05, 0) is 45.1 Å². The highest BCUT2D eigenvalue weighted by Crippen LogP contribution is 2.34. The molecule has 0 heterocycles. The highest BCUT2D eigenvalue weighted by atomic mass is 127. The average molecular weight is 446 g/mol. The Bertz CT molecular complexity index is 537. The number of hydrogen-bond donors (Lipinski definition) is 0. The van der Waals surface area contributed by atoms with Gasteiger partial charge in [-0.2, -0.15) is 0 Å². The number of unbranched alkanes of at least 4 members (excludes halogenated alkanes) is 2. The molecule has 0 aliphatic heterocycles. The number of allylic oxidation sites excluding steroid dienone is 2. The molecule has 0 saturated heterocycles. The summed E-state index contributed by atoms with van der Waals surface area (Å²) in [5, 5.41) is 0. The summed E-state index contributed by atoms with van der Waals surface area (Å²) in [6.07, 6.45) is 3.93. The Morgan fingerprint density at radius 1 is 1.12 bits per heavy atom. The van der Waals surface area contributed by atoms with E-state index in [2.05, 4.69) is 25.0 Å². The predicted molar refractivity (Wildman–Crippen MR) is 100 cm³/mol. The molecule has 0 aliphatic carbocycles. The van der Waals surface area contributed by atoms with E-state index in [4.69, 9.17) is 9.47 Å². The summed E-state index contributed by atoms with van der Waals surface area (Å²) >= 11 is 1.96. The first kappa shape index (κ1) is 22.4. The summed E-state index contributed by atoms with van der Waals surface area (Å²) in [7, 11) is 2.44. The van der Waals surface area contributed by atoms with Crippen LogP contribution in [-0.4, -0.2) is 31.9 Å². The number of halogens is 1. The van der Waals surface area contributed by atoms with E-state index >= 15 is 0 Å². The monoisotopic (exact) mass is 446 g/mol. The van der Waals surface area contributed by atoms with Crippen molar-refractivity contribution in [3.63, 3.8) is 0 Å². The highest BCUT2D eigenvalue weighted by Gasteiger charge is 2.48. The molecule has 0 spiro atoms. The minimum atomic E-state index is -1.49. The van der Waals surface area contributed by atoms with Crippen molar-refractivity contribution in [2.45, 2.75) is 38.5 Å². The molecule has 0 radical (unpaired) electrons. The van der Waals surface area contributed by atoms with Crippen LogP contribution in [0.2, 0.25) is 0 Å². The number of carbonyl (C=O) groups is 3. The Labute approximate surface area is 157 Å². The molecule has 0 N–H and O–H groups in total. The zero-order chi connectivity index (χ0) is 18.6. The fourth-order valence-electron chi connectivity index (χ4n) is 2.07. The number of hydrogen-bond acceptors (Lipinski definition) is 5. The molecule has 0 aromatic carbocycles. The van der Waals surface area contributed by atoms with Crippen LogP contribution in [0.4, 0.5) is 0 Å². The first-order chi connectivity index (χ1) is 11.3. The van der Waals surface area contributed by atoms with Gasteiger partial charge in [-0.1, -0.05) is 13.2 Å². The normalized spacial score (nSPS) is 10.1. The van der Waals surface area contributed by atoms with Crippen molar-refractivity contribution in [3.8, 4) is 11.8 Å². The van der Waals surface area contributed by atoms with E-state index in [1.54, 1.807) is 0 Å². The number of carbonyl (C=O) groups excluding carboxylic acids is 3. The summed E-state index contributed by atoms with van der Waals surface area (Å²) < 4.78 is 10.2. The van der Waals surface area contributed by atoms with E-state index in [1.165, 1.54) is 20.3 Å². The van der Waals surface area contributed by atoms with Crippen molar-refractivity contribution in [3.05, 3.63) is 22.8 Å². The van der Waals surface area contributed by atoms with E-state index in [1.807, 2.05) is 22.6 Å². The number of methoxy groups -OCH3 is 2. The van der Waals surface area contributed by atoms with Crippen LogP contribution in [0.5, 0.6) is 0 Å². The lowest BCUT2D eigenvalue weighted by Gasteiger charge is -2.25. The Balaban J connectivity index is 4.90. The Morgan fingerprint density at radius 2 is 1.71 bits per heavy atom. The molecule has 0 atom stereocenters. The minimum Gasteiger partial charge on any atom is -0.468 e. The third kappa shape index (κ3) is 7.30. The lowest BCUT2D eigenvalue weighted by molar-refractivity contribution is -0.168. The van der Waals surface area contributed by atoms with Gasteiger partial charge in [-0.25, -0.2) is 0 Å². The van der Waals surface area contributed by atoms with Gasteiger partial charge in [0, 0.05) is 25.7 Å². The molecule has 0 fully saturated rings. The summed E-state index contributed by atoms with van der Waals surface area (Å²) in [4.78, 5) is 35.4. The number of ketones is 1. The van der Waals surface area contributed by atoms with Gasteiger partial charge in [0.05, 0.1) is 14.2 Å². The number of rotatable bonds is 10. The predicted octanol–water partition coefficient (Wildman–Crippen LogP) is 3.37. The molecule has 0 bridgehead atoms. The summed E-state index contributed by atoms with van der Waals surface area (Å²) in [5.41, 5.74) is -1.49. The smallest absolute Gasteiger partial charge is 0.324 e. The van der Waals surface area contributed by atoms with Gasteiger partial charge in [0.25, 0.3) is 0 Å². The summed E-state index contributed by atoms with van der Waals surface area (Å²) in [6.45, 7) is 7.17. The van der Waals surface area contributed by atoms with Crippen molar-refractivity contribution in [1.82, 2.24) is 0 Å². The molecule has 0 saturated carbocycles. The molecule has 0 aromatic rings. The second-order valence-electron chi connectivity index (χ2n) is 5.17. The van der Waals surface area contributed by atoms with Gasteiger partial charge < -0.3 is 9.47 Å². The molecule has 132 valence electrons. The Hall–Kier alpha value is -1.62. The topological polar surface area (TPSA) is 69.7 Å². The second kappa shape index (κ2) is 11.8. The SMILES string of the molecule is C=CC(=O)CCCCC#CCC(CC(=C)I)(C(=O)OC)C(=O)OC. The molecule has 0 unspecified atom stereocenters. The van der Waals surface area contributed by atoms with Gasteiger partial charge in [0.2, 0.25) is 0 Å². The van der Waals surface area contributed by atoms with Crippen molar-refractivity contribution < 1.29 is 23.9 Å². The van der Waals surface area contributed by atoms with Crippen molar-refractivity contribution >= 4 is 40.3 Å². The van der Waals surface area contributed by atoms with Gasteiger partial charge >= 0.3 is 11.9 Å². The Morgan fingerprint density at radius 3 is 2.17 bits per heavy atom. The maximum Gasteiger partial charge on any atom is 0.324 e. The van der Waals surface area contributed by atoms with Crippen LogP contribution in [0.15, 0.2) is 22.8 Å². The molecule has 0 aliphatic rings. The maximum atomic E-state index is 12.2. The van der Waals surface area contributed by atoms with E-state index < -0.39 is 17.4 Å². The lowest BCUT2D eigenvalue weighted by atomic mass is 9.81. The molecule has 5 nitrogen and oxygen atoms in total. The zero-order valence-corrected chi connectivity index (χ0v) is 16.3. The fourth-order valence-corrected chi connectivity index (χ4v) is 2.72. The molecule has 6 heteroatoms. The van der Waals surface area contributed by atoms with E-state index in [0.29, 0.717) is 16.4 Å². The fraction of sp³-hybridized carbons (Fsp3) is 0.500. The molecule has 0 aromatic heterocycles. The Kier molecular flexibility index (Phi) is 11.0. The molecular formula is C18H23IO5. The molecule has 0 rings (SSSR count). The lowest BCUT2D eigenvalue weighted by Crippen LogP contribution is -2.41. The van der Waals surface area contributed by atoms with Crippen LogP contribution >= 0.6 is 22.6 Å². The first-order valence-corrected chi connectivity index (χ1v) is 8.53. The highest BCUT2D eigenvalue weighted by molar-refractivity contribution is 14.1. The van der Waals surface area contributed by atoms with Crippen molar-refractivity contribution in [1.29, 1.82) is 0 Å². The molecular weight excluding hydrogens is 423 g/mol. The molecule has 24 heavy (non-hydrogen) atoms. The number of esters is 2. The van der Waals surface area contributed by atoms with Crippen molar-refractivity contribution in [2.24, 2.45) is 5.41 Å². The largest absolute Gasteiger partial charge is 0.468 e. The van der Waals surface area contributed by atoms with Crippen LogP contribution in [0, 0.1) is 17.3 Å². The third-order valence-corrected chi connectivity index (χ3v) is 3.75. The van der Waals surface area contributed by atoms with Crippen LogP contribution < -0.4 is 0 Å². The van der Waals surface area contributed by atoms with Gasteiger partial charge in [-0.3, -0.25) is 14.4 Å². The van der Waals surface area contributed by atoms with E-state index in [9.17, 15) is 14.4 Å². The van der Waals surface area contributed by atoms with Gasteiger partial charge in [0.1, 0.15) is 0 Å². The number of ether oxygens (including phenoxy) is 2. The summed E-state index contributed by atoms with van der Waals surface area (Å²) in [5.74, 6) is 4.44. The zero-order valence-electron chi connectivity index (χ0n) is 14.2. The van der Waals surface area contributed by atoms with Crippen LogP contribution in [-0.2, 0) is 23.9 Å². The minimum absolute atomic E-state index is 0.0000431. The van der Waals surface area contributed by atoms with Crippen LogP contribution in [0.1, 0.15) is 38.5 Å². The van der Waals surface area contributed by atoms with Gasteiger partial charge in [0.15, 0.2) is 11.2 Å². The first-order valence-electron chi connectivity index (χ1n) is 7.45. The second-order valence-corrected chi connectivity index (χ2v) is 6.69. The van der Waals surface area contributed by atoms with Crippen molar-refractivity contribution in [2.75, 3.05) is 14.2 Å². The average Bonchev–Trinajstić information content (AvgIpc) is 2.57.